The number of hydrogen-bond donors (Lipinski definition) is 2. The highest BCUT2D eigenvalue weighted by molar-refractivity contribution is 5.88. The highest BCUT2D eigenvalue weighted by atomic mass is 16.4. The number of rotatable bonds is 4. The second-order valence-electron chi connectivity index (χ2n) is 4.79. The average Bonchev–Trinajstić information content (AvgIpc) is 3.05. The number of aromatic carboxylic acids is 2. The molecular weight excluding hydrogens is 298 g/mol. The molecule has 1 heterocycles. The maximum Gasteiger partial charge on any atom is 0.335 e. The summed E-state index contributed by atoms with van der Waals surface area (Å²) in [6.45, 7) is 0. The van der Waals surface area contributed by atoms with Crippen molar-refractivity contribution >= 4 is 11.9 Å². The highest BCUT2D eigenvalue weighted by Gasteiger charge is 2.09. The van der Waals surface area contributed by atoms with Gasteiger partial charge in [0.1, 0.15) is 5.69 Å². The maximum absolute atomic E-state index is 11.0. The summed E-state index contributed by atoms with van der Waals surface area (Å²) in [6, 6.07) is 12.6. The summed E-state index contributed by atoms with van der Waals surface area (Å²) in [5.74, 6) is -2.01. The summed E-state index contributed by atoms with van der Waals surface area (Å²) in [4.78, 5) is 21.8. The van der Waals surface area contributed by atoms with Gasteiger partial charge in [-0.1, -0.05) is 23.4 Å². The van der Waals surface area contributed by atoms with Gasteiger partial charge in [-0.05, 0) is 30.3 Å². The van der Waals surface area contributed by atoms with Crippen LogP contribution in [-0.2, 0) is 0 Å². The predicted molar refractivity (Wildman–Crippen MR) is 80.7 cm³/mol. The molecule has 3 aromatic rings. The van der Waals surface area contributed by atoms with E-state index in [2.05, 4.69) is 10.3 Å². The molecule has 0 fully saturated rings. The first-order chi connectivity index (χ1) is 11.0. The molecule has 23 heavy (non-hydrogen) atoms. The van der Waals surface area contributed by atoms with Gasteiger partial charge in [0.15, 0.2) is 0 Å². The minimum absolute atomic E-state index is 0.158. The third-order valence-electron chi connectivity index (χ3n) is 3.28. The lowest BCUT2D eigenvalue weighted by molar-refractivity contribution is 0.0686. The molecule has 0 bridgehead atoms. The molecule has 0 aliphatic carbocycles. The summed E-state index contributed by atoms with van der Waals surface area (Å²) in [6.07, 6.45) is 1.65. The fourth-order valence-electron chi connectivity index (χ4n) is 2.09. The molecule has 0 aliphatic rings. The lowest BCUT2D eigenvalue weighted by atomic mass is 10.1. The van der Waals surface area contributed by atoms with Gasteiger partial charge in [-0.2, -0.15) is 0 Å². The molecule has 7 heteroatoms. The van der Waals surface area contributed by atoms with Crippen LogP contribution in [-0.4, -0.2) is 37.1 Å². The van der Waals surface area contributed by atoms with E-state index in [1.54, 1.807) is 30.5 Å². The van der Waals surface area contributed by atoms with Crippen LogP contribution in [0.5, 0.6) is 0 Å². The fraction of sp³-hybridized carbons (Fsp3) is 0. The van der Waals surface area contributed by atoms with Crippen molar-refractivity contribution in [1.29, 1.82) is 0 Å². The second-order valence-corrected chi connectivity index (χ2v) is 4.79. The van der Waals surface area contributed by atoms with Crippen LogP contribution in [0.15, 0.2) is 54.7 Å². The third kappa shape index (κ3) is 2.93. The smallest absolute Gasteiger partial charge is 0.335 e. The van der Waals surface area contributed by atoms with Gasteiger partial charge >= 0.3 is 11.9 Å². The second kappa shape index (κ2) is 5.72. The molecule has 1 aromatic heterocycles. The Balaban J connectivity index is 1.92. The zero-order chi connectivity index (χ0) is 16.4. The van der Waals surface area contributed by atoms with Gasteiger partial charge in [-0.15, -0.1) is 5.10 Å². The molecule has 0 unspecified atom stereocenters. The summed E-state index contributed by atoms with van der Waals surface area (Å²) in [5.41, 5.74) is 2.20. The Labute approximate surface area is 130 Å². The number of carbonyl (C=O) groups is 2. The van der Waals surface area contributed by atoms with Crippen molar-refractivity contribution in [3.05, 3.63) is 65.9 Å². The monoisotopic (exact) mass is 309 g/mol. The molecule has 3 rings (SSSR count). The number of aromatic nitrogens is 3. The van der Waals surface area contributed by atoms with E-state index in [0.717, 1.165) is 5.56 Å². The number of carboxylic acid groups (broad SMARTS) is 2. The molecule has 0 amide bonds. The Bertz CT molecular complexity index is 884. The minimum atomic E-state index is -1.02. The van der Waals surface area contributed by atoms with Crippen molar-refractivity contribution in [2.45, 2.75) is 0 Å². The van der Waals surface area contributed by atoms with Gasteiger partial charge in [0.2, 0.25) is 0 Å². The van der Waals surface area contributed by atoms with Crippen LogP contribution < -0.4 is 0 Å². The Morgan fingerprint density at radius 3 is 2.26 bits per heavy atom. The van der Waals surface area contributed by atoms with Gasteiger partial charge in [0, 0.05) is 5.56 Å². The Morgan fingerprint density at radius 1 is 0.913 bits per heavy atom. The van der Waals surface area contributed by atoms with Crippen LogP contribution in [0.1, 0.15) is 20.7 Å². The van der Waals surface area contributed by atoms with Gasteiger partial charge < -0.3 is 10.2 Å². The lowest BCUT2D eigenvalue weighted by Crippen LogP contribution is -2.00. The van der Waals surface area contributed by atoms with Crippen molar-refractivity contribution in [2.24, 2.45) is 0 Å². The van der Waals surface area contributed by atoms with Crippen LogP contribution in [0.25, 0.3) is 16.9 Å². The zero-order valence-electron chi connectivity index (χ0n) is 11.7. The van der Waals surface area contributed by atoms with Crippen LogP contribution in [0.4, 0.5) is 0 Å². The van der Waals surface area contributed by atoms with Crippen molar-refractivity contribution in [1.82, 2.24) is 15.0 Å². The molecule has 2 N–H and O–H groups in total. The predicted octanol–water partition coefficient (Wildman–Crippen LogP) is 2.33. The Hall–Kier alpha value is -3.48. The Kier molecular flexibility index (Phi) is 3.60. The molecule has 0 saturated heterocycles. The van der Waals surface area contributed by atoms with E-state index in [-0.39, 0.29) is 11.1 Å². The summed E-state index contributed by atoms with van der Waals surface area (Å²) >= 11 is 0. The largest absolute Gasteiger partial charge is 0.478 e. The molecule has 0 radical (unpaired) electrons. The van der Waals surface area contributed by atoms with E-state index < -0.39 is 11.9 Å². The van der Waals surface area contributed by atoms with Crippen LogP contribution in [0.2, 0.25) is 0 Å². The van der Waals surface area contributed by atoms with Gasteiger partial charge in [0.25, 0.3) is 0 Å². The molecular formula is C16H11N3O4. The van der Waals surface area contributed by atoms with E-state index in [0.29, 0.717) is 11.4 Å². The normalized spacial score (nSPS) is 10.4. The summed E-state index contributed by atoms with van der Waals surface area (Å²) < 4.78 is 1.47. The van der Waals surface area contributed by atoms with Gasteiger partial charge in [-0.3, -0.25) is 0 Å². The fourth-order valence-corrected chi connectivity index (χ4v) is 2.09. The SMILES string of the molecule is O=C(O)c1ccc(-c2cn(-c3cccc(C(=O)O)c3)nn2)cc1. The molecule has 114 valence electrons. The molecule has 7 nitrogen and oxygen atoms in total. The molecule has 0 saturated carbocycles. The standard InChI is InChI=1S/C16H11N3O4/c20-15(21)11-6-4-10(5-7-11)14-9-19(18-17-14)13-3-1-2-12(8-13)16(22)23/h1-9H,(H,20,21)(H,22,23). The van der Waals surface area contributed by atoms with E-state index in [1.807, 2.05) is 0 Å². The van der Waals surface area contributed by atoms with Gasteiger partial charge in [0.05, 0.1) is 23.0 Å². The van der Waals surface area contributed by atoms with Crippen LogP contribution >= 0.6 is 0 Å². The highest BCUT2D eigenvalue weighted by Crippen LogP contribution is 2.19. The molecule has 0 aliphatic heterocycles. The summed E-state index contributed by atoms with van der Waals surface area (Å²) in [5, 5.41) is 25.9. The zero-order valence-corrected chi connectivity index (χ0v) is 11.7. The number of nitrogens with zero attached hydrogens (tertiary/aromatic N) is 3. The van der Waals surface area contributed by atoms with Crippen molar-refractivity contribution < 1.29 is 19.8 Å². The number of carboxylic acids is 2. The number of hydrogen-bond acceptors (Lipinski definition) is 4. The first-order valence-corrected chi connectivity index (χ1v) is 6.64. The van der Waals surface area contributed by atoms with Crippen LogP contribution in [0.3, 0.4) is 0 Å². The van der Waals surface area contributed by atoms with E-state index >= 15 is 0 Å². The van der Waals surface area contributed by atoms with Crippen molar-refractivity contribution in [3.8, 4) is 16.9 Å². The first kappa shape index (κ1) is 14.5. The number of benzene rings is 2. The quantitative estimate of drug-likeness (QED) is 0.766. The first-order valence-electron chi connectivity index (χ1n) is 6.64. The molecule has 0 atom stereocenters. The average molecular weight is 309 g/mol. The van der Waals surface area contributed by atoms with E-state index in [9.17, 15) is 9.59 Å². The van der Waals surface area contributed by atoms with Crippen molar-refractivity contribution in [3.63, 3.8) is 0 Å². The molecule has 2 aromatic carbocycles. The third-order valence-corrected chi connectivity index (χ3v) is 3.28. The maximum atomic E-state index is 11.0. The van der Waals surface area contributed by atoms with E-state index in [1.165, 1.54) is 28.9 Å². The van der Waals surface area contributed by atoms with E-state index in [4.69, 9.17) is 10.2 Å². The molecule has 0 spiro atoms. The van der Waals surface area contributed by atoms with Gasteiger partial charge in [-0.25, -0.2) is 14.3 Å². The minimum Gasteiger partial charge on any atom is -0.478 e. The Morgan fingerprint density at radius 2 is 1.61 bits per heavy atom. The lowest BCUT2D eigenvalue weighted by Gasteiger charge is -2.01. The van der Waals surface area contributed by atoms with Crippen molar-refractivity contribution in [2.75, 3.05) is 0 Å². The van der Waals surface area contributed by atoms with Crippen LogP contribution in [0, 0.1) is 0 Å². The topological polar surface area (TPSA) is 105 Å². The summed E-state index contributed by atoms with van der Waals surface area (Å²) in [7, 11) is 0.